The third-order valence-electron chi connectivity index (χ3n) is 5.55. The van der Waals surface area contributed by atoms with Gasteiger partial charge in [0.05, 0.1) is 16.6 Å². The Morgan fingerprint density at radius 3 is 2.70 bits per heavy atom. The summed E-state index contributed by atoms with van der Waals surface area (Å²) >= 11 is 5.73. The van der Waals surface area contributed by atoms with Gasteiger partial charge in [-0.2, -0.15) is 5.10 Å². The number of hydrogen-bond donors (Lipinski definition) is 0. The zero-order valence-electron chi connectivity index (χ0n) is 12.2. The summed E-state index contributed by atoms with van der Waals surface area (Å²) < 4.78 is 30.6. The molecule has 4 nitrogen and oxygen atoms in total. The lowest BCUT2D eigenvalue weighted by atomic mass is 9.47. The van der Waals surface area contributed by atoms with Crippen LogP contribution in [0.5, 0.6) is 0 Å². The van der Waals surface area contributed by atoms with Crippen LogP contribution in [0.25, 0.3) is 0 Å². The lowest BCUT2D eigenvalue weighted by molar-refractivity contribution is -0.205. The highest BCUT2D eigenvalue weighted by molar-refractivity contribution is 6.30. The molecule has 2 bridgehead atoms. The molecule has 6 rings (SSSR count). The Kier molecular flexibility index (Phi) is 2.41. The number of hydrogen-bond acceptors (Lipinski definition) is 2. The Morgan fingerprint density at radius 2 is 2.04 bits per heavy atom. The normalized spacial score (nSPS) is 34.0. The van der Waals surface area contributed by atoms with Gasteiger partial charge in [-0.15, -0.1) is 0 Å². The molecule has 2 heterocycles. The summed E-state index contributed by atoms with van der Waals surface area (Å²) in [6, 6.07) is 4.40. The van der Waals surface area contributed by atoms with Crippen molar-refractivity contribution in [3.63, 3.8) is 0 Å². The molecule has 0 amide bonds. The maximum absolute atomic E-state index is 13.8. The maximum Gasteiger partial charge on any atom is 0.347 e. The summed E-state index contributed by atoms with van der Waals surface area (Å²) in [5, 5.41) is 4.52. The average Bonchev–Trinajstić information content (AvgIpc) is 2.99. The highest BCUT2D eigenvalue weighted by Gasteiger charge is 2.71. The van der Waals surface area contributed by atoms with Gasteiger partial charge < -0.3 is 0 Å². The van der Waals surface area contributed by atoms with E-state index >= 15 is 0 Å². The van der Waals surface area contributed by atoms with Gasteiger partial charge in [-0.25, -0.2) is 18.3 Å². The third kappa shape index (κ3) is 1.65. The van der Waals surface area contributed by atoms with E-state index in [4.69, 9.17) is 11.6 Å². The van der Waals surface area contributed by atoms with Gasteiger partial charge in [0, 0.05) is 25.7 Å². The molecule has 120 valence electrons. The third-order valence-corrected chi connectivity index (χ3v) is 5.86. The van der Waals surface area contributed by atoms with Gasteiger partial charge >= 0.3 is 5.69 Å². The standard InChI is InChI=1S/C16H14ClF2N3O/c17-10-2-1-9(5-11(10)18)12-3-4-13-20-22(14(23)21(12)13)16-6-15(19,7-16)8-16/h1-2,5,12H,3-4,6-8H2. The van der Waals surface area contributed by atoms with E-state index in [-0.39, 0.29) is 16.8 Å². The van der Waals surface area contributed by atoms with Crippen LogP contribution in [0.2, 0.25) is 5.02 Å². The molecule has 0 radical (unpaired) electrons. The Morgan fingerprint density at radius 1 is 1.30 bits per heavy atom. The fourth-order valence-electron chi connectivity index (χ4n) is 4.48. The van der Waals surface area contributed by atoms with Crippen molar-refractivity contribution in [1.29, 1.82) is 0 Å². The minimum Gasteiger partial charge on any atom is -0.271 e. The zero-order chi connectivity index (χ0) is 16.0. The number of benzene rings is 1. The molecule has 4 aliphatic rings. The molecule has 1 aromatic heterocycles. The highest BCUT2D eigenvalue weighted by Crippen LogP contribution is 2.66. The molecule has 2 aromatic rings. The Balaban J connectivity index is 1.57. The van der Waals surface area contributed by atoms with Gasteiger partial charge in [0.2, 0.25) is 0 Å². The number of halogens is 3. The van der Waals surface area contributed by atoms with Gasteiger partial charge in [0.15, 0.2) is 0 Å². The minimum absolute atomic E-state index is 0.0668. The van der Waals surface area contributed by atoms with Crippen LogP contribution in [0.4, 0.5) is 8.78 Å². The molecule has 3 aliphatic carbocycles. The van der Waals surface area contributed by atoms with Crippen molar-refractivity contribution in [2.24, 2.45) is 0 Å². The number of aryl methyl sites for hydroxylation is 1. The first-order valence-electron chi connectivity index (χ1n) is 7.76. The van der Waals surface area contributed by atoms with Crippen LogP contribution in [-0.2, 0) is 12.0 Å². The molecule has 3 fully saturated rings. The summed E-state index contributed by atoms with van der Waals surface area (Å²) in [6.45, 7) is 0. The van der Waals surface area contributed by atoms with Crippen LogP contribution in [0.3, 0.4) is 0 Å². The van der Waals surface area contributed by atoms with Crippen molar-refractivity contribution in [2.75, 3.05) is 0 Å². The van der Waals surface area contributed by atoms with E-state index in [2.05, 4.69) is 5.10 Å². The van der Waals surface area contributed by atoms with Gasteiger partial charge in [0.25, 0.3) is 0 Å². The molecule has 0 N–H and O–H groups in total. The Labute approximate surface area is 135 Å². The van der Waals surface area contributed by atoms with Crippen molar-refractivity contribution in [2.45, 2.75) is 49.4 Å². The number of nitrogens with zero attached hydrogens (tertiary/aromatic N) is 3. The first kappa shape index (κ1) is 13.7. The summed E-state index contributed by atoms with van der Waals surface area (Å²) in [6.07, 6.45) is 2.53. The van der Waals surface area contributed by atoms with Crippen molar-refractivity contribution >= 4 is 11.6 Å². The van der Waals surface area contributed by atoms with Crippen LogP contribution in [-0.4, -0.2) is 20.0 Å². The quantitative estimate of drug-likeness (QED) is 0.845. The fraction of sp³-hybridized carbons (Fsp3) is 0.500. The summed E-state index contributed by atoms with van der Waals surface area (Å²) in [5.41, 5.74) is -0.989. The molecule has 1 aliphatic heterocycles. The monoisotopic (exact) mass is 337 g/mol. The first-order chi connectivity index (χ1) is 10.9. The largest absolute Gasteiger partial charge is 0.347 e. The van der Waals surface area contributed by atoms with Crippen LogP contribution in [0.15, 0.2) is 23.0 Å². The predicted octanol–water partition coefficient (Wildman–Crippen LogP) is 2.97. The van der Waals surface area contributed by atoms with E-state index in [0.29, 0.717) is 43.5 Å². The van der Waals surface area contributed by atoms with Crippen LogP contribution < -0.4 is 5.69 Å². The highest BCUT2D eigenvalue weighted by atomic mass is 35.5. The van der Waals surface area contributed by atoms with Gasteiger partial charge in [-0.3, -0.25) is 4.57 Å². The minimum atomic E-state index is -1.08. The average molecular weight is 338 g/mol. The second kappa shape index (κ2) is 4.04. The topological polar surface area (TPSA) is 39.8 Å². The van der Waals surface area contributed by atoms with Gasteiger partial charge in [-0.05, 0) is 24.1 Å². The molecule has 0 spiro atoms. The van der Waals surface area contributed by atoms with E-state index in [0.717, 1.165) is 0 Å². The van der Waals surface area contributed by atoms with Crippen molar-refractivity contribution in [3.05, 3.63) is 50.9 Å². The molecule has 3 saturated carbocycles. The molecule has 1 unspecified atom stereocenters. The molecular weight excluding hydrogens is 324 g/mol. The Bertz CT molecular complexity index is 883. The van der Waals surface area contributed by atoms with Crippen molar-refractivity contribution in [1.82, 2.24) is 14.3 Å². The predicted molar refractivity (Wildman–Crippen MR) is 80.0 cm³/mol. The number of aromatic nitrogens is 3. The van der Waals surface area contributed by atoms with Crippen molar-refractivity contribution < 1.29 is 8.78 Å². The van der Waals surface area contributed by atoms with Crippen LogP contribution in [0, 0.1) is 5.82 Å². The lowest BCUT2D eigenvalue weighted by Crippen LogP contribution is -2.72. The van der Waals surface area contributed by atoms with Gasteiger partial charge in [0.1, 0.15) is 17.3 Å². The molecule has 23 heavy (non-hydrogen) atoms. The van der Waals surface area contributed by atoms with E-state index in [1.807, 2.05) is 0 Å². The molecular formula is C16H14ClF2N3O. The van der Waals surface area contributed by atoms with E-state index < -0.39 is 17.0 Å². The van der Waals surface area contributed by atoms with Gasteiger partial charge in [-0.1, -0.05) is 17.7 Å². The SMILES string of the molecule is O=c1n(C23CC(F)(C2)C3)nc2n1C(c1ccc(Cl)c(F)c1)CC2. The number of alkyl halides is 1. The summed E-state index contributed by atoms with van der Waals surface area (Å²) in [4.78, 5) is 12.8. The van der Waals surface area contributed by atoms with Crippen molar-refractivity contribution in [3.8, 4) is 0 Å². The van der Waals surface area contributed by atoms with E-state index in [9.17, 15) is 13.6 Å². The molecule has 1 atom stereocenters. The zero-order valence-corrected chi connectivity index (χ0v) is 13.0. The van der Waals surface area contributed by atoms with E-state index in [1.165, 1.54) is 16.8 Å². The maximum atomic E-state index is 13.8. The molecule has 7 heteroatoms. The smallest absolute Gasteiger partial charge is 0.271 e. The Hall–Kier alpha value is -1.69. The fourth-order valence-corrected chi connectivity index (χ4v) is 4.60. The summed E-state index contributed by atoms with van der Waals surface area (Å²) in [5.74, 6) is 0.213. The first-order valence-corrected chi connectivity index (χ1v) is 8.14. The second-order valence-corrected chi connectivity index (χ2v) is 7.52. The summed E-state index contributed by atoms with van der Waals surface area (Å²) in [7, 11) is 0. The second-order valence-electron chi connectivity index (χ2n) is 7.11. The van der Waals surface area contributed by atoms with E-state index in [1.54, 1.807) is 10.6 Å². The lowest BCUT2D eigenvalue weighted by Gasteiger charge is -2.64. The molecule has 1 aromatic carbocycles. The van der Waals surface area contributed by atoms with Crippen LogP contribution in [0.1, 0.15) is 43.1 Å². The van der Waals surface area contributed by atoms with Crippen LogP contribution >= 0.6 is 11.6 Å². The number of rotatable bonds is 2. The molecule has 0 saturated heterocycles. The number of fused-ring (bicyclic) bond motifs is 1.